The van der Waals surface area contributed by atoms with E-state index < -0.39 is 12.1 Å². The van der Waals surface area contributed by atoms with Crippen LogP contribution in [0.5, 0.6) is 0 Å². The maximum Gasteiger partial charge on any atom is 0.331 e. The van der Waals surface area contributed by atoms with Crippen molar-refractivity contribution in [3.63, 3.8) is 0 Å². The number of terminal acetylenes is 1. The molecule has 1 aliphatic carbocycles. The fourth-order valence-electron chi connectivity index (χ4n) is 1.67. The standard InChI is InChI=1S/C13H17NO4/c1-3-10(2)18-13(15)8-7-11-5-4-6-12(9-11)14(16)17/h1,5,7-8,10,12,16-17H,4,6,9H2,2H3/b8-7+/t10-,12?/m1/s1. The highest BCUT2D eigenvalue weighted by Gasteiger charge is 2.19. The molecule has 1 unspecified atom stereocenters. The zero-order valence-electron chi connectivity index (χ0n) is 10.2. The SMILES string of the molecule is C#C[C@@H](C)OC(=O)/C=C/C1=CCCC(N(O)O)C1. The summed E-state index contributed by atoms with van der Waals surface area (Å²) in [6.07, 6.45) is 11.3. The maximum atomic E-state index is 11.3. The zero-order chi connectivity index (χ0) is 13.5. The Balaban J connectivity index is 2.50. The summed E-state index contributed by atoms with van der Waals surface area (Å²) in [5.41, 5.74) is 0.865. The molecular formula is C13H17NO4. The van der Waals surface area contributed by atoms with Gasteiger partial charge >= 0.3 is 5.97 Å². The summed E-state index contributed by atoms with van der Waals surface area (Å²) < 4.78 is 4.87. The fourth-order valence-corrected chi connectivity index (χ4v) is 1.67. The highest BCUT2D eigenvalue weighted by Crippen LogP contribution is 2.21. The Labute approximate surface area is 106 Å². The third kappa shape index (κ3) is 4.72. The van der Waals surface area contributed by atoms with Gasteiger partial charge in [0.25, 0.3) is 0 Å². The largest absolute Gasteiger partial charge is 0.446 e. The van der Waals surface area contributed by atoms with E-state index in [1.54, 1.807) is 13.0 Å². The summed E-state index contributed by atoms with van der Waals surface area (Å²) in [6, 6.07) is -0.338. The van der Waals surface area contributed by atoms with Crippen molar-refractivity contribution in [2.45, 2.75) is 38.3 Å². The van der Waals surface area contributed by atoms with Gasteiger partial charge in [0.1, 0.15) is 0 Å². The molecule has 0 aromatic heterocycles. The van der Waals surface area contributed by atoms with E-state index in [0.717, 1.165) is 12.0 Å². The first kappa shape index (κ1) is 14.5. The van der Waals surface area contributed by atoms with Crippen molar-refractivity contribution in [1.82, 2.24) is 5.23 Å². The number of carbonyl (C=O) groups is 1. The zero-order valence-corrected chi connectivity index (χ0v) is 10.2. The molecule has 5 heteroatoms. The van der Waals surface area contributed by atoms with Gasteiger partial charge in [0, 0.05) is 6.08 Å². The van der Waals surface area contributed by atoms with Crippen LogP contribution in [0.15, 0.2) is 23.8 Å². The van der Waals surface area contributed by atoms with E-state index in [0.29, 0.717) is 12.8 Å². The number of nitrogens with zero attached hydrogens (tertiary/aromatic N) is 1. The first-order valence-corrected chi connectivity index (χ1v) is 5.73. The number of esters is 1. The van der Waals surface area contributed by atoms with E-state index >= 15 is 0 Å². The Morgan fingerprint density at radius 1 is 1.72 bits per heavy atom. The molecule has 0 bridgehead atoms. The fraction of sp³-hybridized carbons (Fsp3) is 0.462. The molecule has 1 rings (SSSR count). The van der Waals surface area contributed by atoms with Crippen molar-refractivity contribution in [2.24, 2.45) is 0 Å². The first-order valence-electron chi connectivity index (χ1n) is 5.73. The van der Waals surface area contributed by atoms with Gasteiger partial charge in [-0.15, -0.1) is 6.42 Å². The molecule has 1 aliphatic rings. The Hall–Kier alpha value is -1.61. The molecule has 2 atom stereocenters. The summed E-state index contributed by atoms with van der Waals surface area (Å²) in [5.74, 6) is 1.79. The first-order chi connectivity index (χ1) is 8.52. The van der Waals surface area contributed by atoms with Gasteiger partial charge in [0.05, 0.1) is 6.04 Å². The number of carbonyl (C=O) groups excluding carboxylic acids is 1. The van der Waals surface area contributed by atoms with Crippen molar-refractivity contribution >= 4 is 5.97 Å². The van der Waals surface area contributed by atoms with Gasteiger partial charge in [-0.2, -0.15) is 0 Å². The van der Waals surface area contributed by atoms with Gasteiger partial charge in [-0.25, -0.2) is 4.79 Å². The lowest BCUT2D eigenvalue weighted by molar-refractivity contribution is -0.332. The van der Waals surface area contributed by atoms with Crippen LogP contribution in [0.25, 0.3) is 0 Å². The topological polar surface area (TPSA) is 70.0 Å². The summed E-state index contributed by atoms with van der Waals surface area (Å²) >= 11 is 0. The highest BCUT2D eigenvalue weighted by molar-refractivity contribution is 5.82. The molecule has 0 aromatic rings. The van der Waals surface area contributed by atoms with E-state index in [2.05, 4.69) is 5.92 Å². The van der Waals surface area contributed by atoms with Gasteiger partial charge in [-0.1, -0.05) is 28.9 Å². The van der Waals surface area contributed by atoms with Crippen molar-refractivity contribution in [3.05, 3.63) is 23.8 Å². The van der Waals surface area contributed by atoms with Crippen LogP contribution < -0.4 is 0 Å². The van der Waals surface area contributed by atoms with Crippen LogP contribution in [0.2, 0.25) is 0 Å². The van der Waals surface area contributed by atoms with E-state index in [1.807, 2.05) is 6.08 Å². The molecule has 0 spiro atoms. The van der Waals surface area contributed by atoms with E-state index in [4.69, 9.17) is 21.6 Å². The lowest BCUT2D eigenvalue weighted by Crippen LogP contribution is -2.30. The lowest BCUT2D eigenvalue weighted by Gasteiger charge is -2.23. The molecule has 0 radical (unpaired) electrons. The predicted octanol–water partition coefficient (Wildman–Crippen LogP) is 1.67. The normalized spacial score (nSPS) is 21.5. The van der Waals surface area contributed by atoms with Gasteiger partial charge in [-0.3, -0.25) is 10.4 Å². The van der Waals surface area contributed by atoms with Crippen molar-refractivity contribution < 1.29 is 19.9 Å². The lowest BCUT2D eigenvalue weighted by atomic mass is 9.95. The molecule has 0 aliphatic heterocycles. The number of hydroxylamine groups is 2. The predicted molar refractivity (Wildman–Crippen MR) is 64.7 cm³/mol. The minimum absolute atomic E-state index is 0.222. The van der Waals surface area contributed by atoms with Crippen LogP contribution in [-0.4, -0.2) is 33.8 Å². The summed E-state index contributed by atoms with van der Waals surface area (Å²) in [7, 11) is 0. The molecule has 0 aromatic carbocycles. The molecule has 0 saturated heterocycles. The second-order valence-corrected chi connectivity index (χ2v) is 4.11. The number of ether oxygens (including phenoxy) is 1. The number of rotatable bonds is 4. The summed E-state index contributed by atoms with van der Waals surface area (Å²) in [4.78, 5) is 11.3. The van der Waals surface area contributed by atoms with Gasteiger partial charge in [0.15, 0.2) is 6.10 Å². The van der Waals surface area contributed by atoms with Gasteiger partial charge < -0.3 is 4.74 Å². The molecule has 18 heavy (non-hydrogen) atoms. The second kappa shape index (κ2) is 6.97. The molecule has 98 valence electrons. The molecule has 0 amide bonds. The summed E-state index contributed by atoms with van der Waals surface area (Å²) in [5, 5.41) is 18.1. The molecular weight excluding hydrogens is 234 g/mol. The minimum Gasteiger partial charge on any atom is -0.446 e. The Bertz CT molecular complexity index is 392. The van der Waals surface area contributed by atoms with Crippen LogP contribution in [0, 0.1) is 12.3 Å². The number of allylic oxidation sites excluding steroid dienone is 2. The minimum atomic E-state index is -0.555. The quantitative estimate of drug-likeness (QED) is 0.344. The van der Waals surface area contributed by atoms with Crippen molar-refractivity contribution in [1.29, 1.82) is 0 Å². The monoisotopic (exact) mass is 251 g/mol. The molecule has 5 nitrogen and oxygen atoms in total. The molecule has 0 saturated carbocycles. The van der Waals surface area contributed by atoms with Crippen LogP contribution in [0.1, 0.15) is 26.2 Å². The molecule has 0 fully saturated rings. The number of hydrogen-bond donors (Lipinski definition) is 2. The van der Waals surface area contributed by atoms with E-state index in [9.17, 15) is 4.79 Å². The molecule has 0 heterocycles. The van der Waals surface area contributed by atoms with Gasteiger partial charge in [0.2, 0.25) is 0 Å². The van der Waals surface area contributed by atoms with E-state index in [1.165, 1.54) is 6.08 Å². The van der Waals surface area contributed by atoms with Crippen LogP contribution >= 0.6 is 0 Å². The average Bonchev–Trinajstić information content (AvgIpc) is 2.36. The third-order valence-corrected chi connectivity index (χ3v) is 2.67. The maximum absolute atomic E-state index is 11.3. The van der Waals surface area contributed by atoms with Crippen LogP contribution in [0.3, 0.4) is 0 Å². The molecule has 2 N–H and O–H groups in total. The average molecular weight is 251 g/mol. The van der Waals surface area contributed by atoms with Crippen molar-refractivity contribution in [2.75, 3.05) is 0 Å². The highest BCUT2D eigenvalue weighted by atomic mass is 16.8. The third-order valence-electron chi connectivity index (χ3n) is 2.67. The Kier molecular flexibility index (Phi) is 5.59. The smallest absolute Gasteiger partial charge is 0.331 e. The van der Waals surface area contributed by atoms with Crippen LogP contribution in [0.4, 0.5) is 0 Å². The Morgan fingerprint density at radius 2 is 2.44 bits per heavy atom. The summed E-state index contributed by atoms with van der Waals surface area (Å²) in [6.45, 7) is 1.61. The number of hydrogen-bond acceptors (Lipinski definition) is 5. The Morgan fingerprint density at radius 3 is 3.06 bits per heavy atom. The van der Waals surface area contributed by atoms with Gasteiger partial charge in [-0.05, 0) is 26.2 Å². The van der Waals surface area contributed by atoms with E-state index in [-0.39, 0.29) is 11.3 Å². The van der Waals surface area contributed by atoms with Crippen molar-refractivity contribution in [3.8, 4) is 12.3 Å². The van der Waals surface area contributed by atoms with Crippen LogP contribution in [-0.2, 0) is 9.53 Å². The second-order valence-electron chi connectivity index (χ2n) is 4.11.